The second-order valence-electron chi connectivity index (χ2n) is 4.43. The van der Waals surface area contributed by atoms with Gasteiger partial charge in [-0.3, -0.25) is 0 Å². The highest BCUT2D eigenvalue weighted by atomic mass is 79.9. The molecular formula is C13H17BrN2O. The first-order valence-corrected chi connectivity index (χ1v) is 6.65. The summed E-state index contributed by atoms with van der Waals surface area (Å²) in [5.41, 5.74) is 3.53. The largest absolute Gasteiger partial charge is 0.492 e. The minimum atomic E-state index is 0.406. The summed E-state index contributed by atoms with van der Waals surface area (Å²) in [6.07, 6.45) is 1.80. The Hall–Kier alpha value is -1.03. The average Bonchev–Trinajstić information content (AvgIpc) is 2.55. The van der Waals surface area contributed by atoms with E-state index < -0.39 is 0 Å². The summed E-state index contributed by atoms with van der Waals surface area (Å²) >= 11 is 3.56. The monoisotopic (exact) mass is 296 g/mol. The molecule has 0 aliphatic carbocycles. The summed E-state index contributed by atoms with van der Waals surface area (Å²) in [5.74, 6) is 1.29. The van der Waals surface area contributed by atoms with Crippen LogP contribution in [0, 0.1) is 6.92 Å². The van der Waals surface area contributed by atoms with E-state index in [1.165, 1.54) is 11.1 Å². The maximum Gasteiger partial charge on any atom is 0.144 e. The number of hydrogen-bond donors (Lipinski definition) is 0. The van der Waals surface area contributed by atoms with Crippen molar-refractivity contribution in [2.45, 2.75) is 33.6 Å². The molecule has 2 aromatic rings. The second kappa shape index (κ2) is 4.69. The van der Waals surface area contributed by atoms with E-state index in [0.717, 1.165) is 15.9 Å². The molecule has 2 heterocycles. The van der Waals surface area contributed by atoms with Gasteiger partial charge in [-0.05, 0) is 47.3 Å². The van der Waals surface area contributed by atoms with E-state index in [0.29, 0.717) is 12.5 Å². The van der Waals surface area contributed by atoms with Crippen LogP contribution in [-0.4, -0.2) is 16.2 Å². The summed E-state index contributed by atoms with van der Waals surface area (Å²) in [4.78, 5) is 0. The third-order valence-electron chi connectivity index (χ3n) is 2.80. The molecule has 0 aliphatic heterocycles. The molecule has 0 fully saturated rings. The Morgan fingerprint density at radius 1 is 1.47 bits per heavy atom. The predicted molar refractivity (Wildman–Crippen MR) is 72.9 cm³/mol. The van der Waals surface area contributed by atoms with E-state index in [4.69, 9.17) is 4.74 Å². The molecule has 4 heteroatoms. The first kappa shape index (κ1) is 12.4. The Bertz CT molecular complexity index is 546. The van der Waals surface area contributed by atoms with Crippen LogP contribution < -0.4 is 4.74 Å². The summed E-state index contributed by atoms with van der Waals surface area (Å²) < 4.78 is 8.60. The highest BCUT2D eigenvalue weighted by Gasteiger charge is 2.16. The zero-order valence-electron chi connectivity index (χ0n) is 10.6. The lowest BCUT2D eigenvalue weighted by molar-refractivity contribution is 0.333. The van der Waals surface area contributed by atoms with Gasteiger partial charge < -0.3 is 4.74 Å². The molecule has 0 amide bonds. The molecule has 0 atom stereocenters. The minimum Gasteiger partial charge on any atom is -0.492 e. The highest BCUT2D eigenvalue weighted by Crippen LogP contribution is 2.33. The van der Waals surface area contributed by atoms with Crippen LogP contribution in [0.4, 0.5) is 0 Å². The van der Waals surface area contributed by atoms with Crippen molar-refractivity contribution in [1.82, 2.24) is 9.61 Å². The van der Waals surface area contributed by atoms with E-state index in [9.17, 15) is 0 Å². The fourth-order valence-electron chi connectivity index (χ4n) is 2.06. The molecule has 2 rings (SSSR count). The van der Waals surface area contributed by atoms with Crippen molar-refractivity contribution in [3.8, 4) is 5.75 Å². The molecule has 0 spiro atoms. The number of halogens is 1. The molecule has 0 N–H and O–H groups in total. The van der Waals surface area contributed by atoms with Crippen molar-refractivity contribution >= 4 is 21.4 Å². The number of fused-ring (bicyclic) bond motifs is 1. The SMILES string of the molecule is CCOc1cnn2c(Br)c(C)cc2c1C(C)C. The van der Waals surface area contributed by atoms with E-state index >= 15 is 0 Å². The number of hydrogen-bond acceptors (Lipinski definition) is 2. The number of aryl methyl sites for hydroxylation is 1. The minimum absolute atomic E-state index is 0.406. The van der Waals surface area contributed by atoms with E-state index in [1.807, 2.05) is 11.4 Å². The zero-order valence-corrected chi connectivity index (χ0v) is 12.2. The van der Waals surface area contributed by atoms with Gasteiger partial charge in [0.05, 0.1) is 18.3 Å². The van der Waals surface area contributed by atoms with Gasteiger partial charge in [0.15, 0.2) is 0 Å². The maximum atomic E-state index is 5.66. The van der Waals surface area contributed by atoms with Crippen LogP contribution in [0.1, 0.15) is 37.8 Å². The number of aromatic nitrogens is 2. The second-order valence-corrected chi connectivity index (χ2v) is 5.18. The van der Waals surface area contributed by atoms with E-state index in [1.54, 1.807) is 6.20 Å². The molecule has 0 bridgehead atoms. The molecule has 0 aromatic carbocycles. The van der Waals surface area contributed by atoms with Crippen LogP contribution in [0.25, 0.3) is 5.52 Å². The van der Waals surface area contributed by atoms with Crippen LogP contribution in [0.15, 0.2) is 16.9 Å². The molecular weight excluding hydrogens is 280 g/mol. The maximum absolute atomic E-state index is 5.66. The standard InChI is InChI=1S/C13H17BrN2O/c1-5-17-11-7-15-16-10(12(11)8(2)3)6-9(4)13(16)14/h6-8H,5H2,1-4H3. The van der Waals surface area contributed by atoms with Gasteiger partial charge in [-0.15, -0.1) is 0 Å². The van der Waals surface area contributed by atoms with Gasteiger partial charge >= 0.3 is 0 Å². The summed E-state index contributed by atoms with van der Waals surface area (Å²) in [5, 5.41) is 4.41. The van der Waals surface area contributed by atoms with Crippen LogP contribution in [-0.2, 0) is 0 Å². The quantitative estimate of drug-likeness (QED) is 0.858. The van der Waals surface area contributed by atoms with Gasteiger partial charge in [0, 0.05) is 5.56 Å². The van der Waals surface area contributed by atoms with Crippen molar-refractivity contribution in [2.75, 3.05) is 6.61 Å². The Balaban J connectivity index is 2.75. The lowest BCUT2D eigenvalue weighted by Crippen LogP contribution is -2.03. The molecule has 0 saturated heterocycles. The van der Waals surface area contributed by atoms with Crippen LogP contribution in [0.3, 0.4) is 0 Å². The predicted octanol–water partition coefficient (Wildman–Crippen LogP) is 3.93. The normalized spacial score (nSPS) is 11.4. The van der Waals surface area contributed by atoms with Gasteiger partial charge in [-0.25, -0.2) is 4.52 Å². The first-order valence-electron chi connectivity index (χ1n) is 5.85. The van der Waals surface area contributed by atoms with Gasteiger partial charge in [0.25, 0.3) is 0 Å². The molecule has 0 aliphatic rings. The van der Waals surface area contributed by atoms with Crippen molar-refractivity contribution in [3.05, 3.63) is 28.0 Å². The van der Waals surface area contributed by atoms with Crippen molar-refractivity contribution in [2.24, 2.45) is 0 Å². The molecule has 0 saturated carbocycles. The molecule has 2 aromatic heterocycles. The first-order chi connectivity index (χ1) is 8.06. The third kappa shape index (κ3) is 2.06. The Labute approximate surface area is 110 Å². The van der Waals surface area contributed by atoms with Gasteiger partial charge in [0.2, 0.25) is 0 Å². The lowest BCUT2D eigenvalue weighted by Gasteiger charge is -2.14. The third-order valence-corrected chi connectivity index (χ3v) is 3.76. The molecule has 92 valence electrons. The number of ether oxygens (including phenoxy) is 1. The van der Waals surface area contributed by atoms with Crippen LogP contribution >= 0.6 is 15.9 Å². The highest BCUT2D eigenvalue weighted by molar-refractivity contribution is 9.10. The number of nitrogens with zero attached hydrogens (tertiary/aromatic N) is 2. The molecule has 0 unspecified atom stereocenters. The van der Waals surface area contributed by atoms with Crippen LogP contribution in [0.5, 0.6) is 5.75 Å². The zero-order chi connectivity index (χ0) is 12.6. The Morgan fingerprint density at radius 2 is 2.18 bits per heavy atom. The smallest absolute Gasteiger partial charge is 0.144 e. The van der Waals surface area contributed by atoms with Gasteiger partial charge in [-0.2, -0.15) is 5.10 Å². The van der Waals surface area contributed by atoms with Gasteiger partial charge in [0.1, 0.15) is 10.4 Å². The fraction of sp³-hybridized carbons (Fsp3) is 0.462. The van der Waals surface area contributed by atoms with Crippen molar-refractivity contribution < 1.29 is 4.74 Å². The van der Waals surface area contributed by atoms with E-state index in [-0.39, 0.29) is 0 Å². The average molecular weight is 297 g/mol. The van der Waals surface area contributed by atoms with Gasteiger partial charge in [-0.1, -0.05) is 13.8 Å². The van der Waals surface area contributed by atoms with E-state index in [2.05, 4.69) is 47.9 Å². The molecule has 0 radical (unpaired) electrons. The topological polar surface area (TPSA) is 26.5 Å². The fourth-order valence-corrected chi connectivity index (χ4v) is 2.46. The van der Waals surface area contributed by atoms with Crippen molar-refractivity contribution in [1.29, 1.82) is 0 Å². The molecule has 3 nitrogen and oxygen atoms in total. The summed E-state index contributed by atoms with van der Waals surface area (Å²) in [6, 6.07) is 2.15. The lowest BCUT2D eigenvalue weighted by atomic mass is 10.0. The number of rotatable bonds is 3. The molecule has 17 heavy (non-hydrogen) atoms. The Morgan fingerprint density at radius 3 is 2.76 bits per heavy atom. The summed E-state index contributed by atoms with van der Waals surface area (Å²) in [6.45, 7) is 9.08. The van der Waals surface area contributed by atoms with Crippen molar-refractivity contribution in [3.63, 3.8) is 0 Å². The van der Waals surface area contributed by atoms with Crippen LogP contribution in [0.2, 0.25) is 0 Å². The Kier molecular flexibility index (Phi) is 3.43. The summed E-state index contributed by atoms with van der Waals surface area (Å²) in [7, 11) is 0.